The third kappa shape index (κ3) is 3.74. The summed E-state index contributed by atoms with van der Waals surface area (Å²) in [4.78, 5) is 12.0. The number of methoxy groups -OCH3 is 1. The van der Waals surface area contributed by atoms with Crippen LogP contribution in [0, 0.1) is 0 Å². The summed E-state index contributed by atoms with van der Waals surface area (Å²) >= 11 is 0. The number of carbonyl (C=O) groups is 1. The fourth-order valence-electron chi connectivity index (χ4n) is 4.25. The van der Waals surface area contributed by atoms with Crippen molar-refractivity contribution in [1.29, 1.82) is 0 Å². The maximum atomic E-state index is 12.0. The minimum atomic E-state index is -0.520. The Balaban J connectivity index is 1.82. The lowest BCUT2D eigenvalue weighted by Gasteiger charge is -2.39. The van der Waals surface area contributed by atoms with Crippen molar-refractivity contribution in [3.8, 4) is 0 Å². The van der Waals surface area contributed by atoms with Gasteiger partial charge in [0.25, 0.3) is 0 Å². The number of nitrogens with one attached hydrogen (secondary N) is 1. The van der Waals surface area contributed by atoms with E-state index in [0.717, 1.165) is 12.0 Å². The molecule has 1 unspecified atom stereocenters. The molecule has 0 amide bonds. The van der Waals surface area contributed by atoms with Gasteiger partial charge < -0.3 is 4.74 Å². The largest absolute Gasteiger partial charge is 0.466 e. The third-order valence-corrected chi connectivity index (χ3v) is 5.60. The molecule has 1 atom stereocenters. The van der Waals surface area contributed by atoms with Crippen molar-refractivity contribution in [2.45, 2.75) is 24.4 Å². The van der Waals surface area contributed by atoms with Crippen molar-refractivity contribution in [2.24, 2.45) is 0 Å². The van der Waals surface area contributed by atoms with Crippen LogP contribution >= 0.6 is 0 Å². The van der Waals surface area contributed by atoms with Crippen molar-refractivity contribution >= 4 is 5.97 Å². The zero-order valence-electron chi connectivity index (χ0n) is 16.5. The van der Waals surface area contributed by atoms with Gasteiger partial charge in [0.15, 0.2) is 0 Å². The van der Waals surface area contributed by atoms with Crippen LogP contribution in [0.2, 0.25) is 0 Å². The third-order valence-electron chi connectivity index (χ3n) is 5.60. The lowest BCUT2D eigenvalue weighted by atomic mass is 9.76. The molecule has 4 rings (SSSR count). The van der Waals surface area contributed by atoms with Crippen molar-refractivity contribution in [2.75, 3.05) is 7.11 Å². The van der Waals surface area contributed by atoms with E-state index in [9.17, 15) is 4.79 Å². The minimum Gasteiger partial charge on any atom is -0.466 e. The van der Waals surface area contributed by atoms with E-state index in [1.807, 2.05) is 24.3 Å². The quantitative estimate of drug-likeness (QED) is 0.489. The van der Waals surface area contributed by atoms with E-state index in [1.165, 1.54) is 23.8 Å². The molecule has 0 fully saturated rings. The van der Waals surface area contributed by atoms with Crippen molar-refractivity contribution in [3.05, 3.63) is 119 Å². The molecule has 0 spiro atoms. The van der Waals surface area contributed by atoms with Gasteiger partial charge in [0.2, 0.25) is 0 Å². The average Bonchev–Trinajstić information content (AvgIpc) is 3.27. The first kappa shape index (κ1) is 19.2. The van der Waals surface area contributed by atoms with Crippen molar-refractivity contribution < 1.29 is 9.53 Å². The topological polar surface area (TPSA) is 38.3 Å². The molecule has 3 aromatic rings. The number of carbonyl (C=O) groups excluding carboxylic acids is 1. The van der Waals surface area contributed by atoms with Crippen LogP contribution in [0.4, 0.5) is 0 Å². The van der Waals surface area contributed by atoms with Crippen LogP contribution in [0.1, 0.15) is 29.5 Å². The van der Waals surface area contributed by atoms with Crippen LogP contribution in [0.15, 0.2) is 103 Å². The number of esters is 1. The summed E-state index contributed by atoms with van der Waals surface area (Å²) < 4.78 is 4.93. The van der Waals surface area contributed by atoms with Gasteiger partial charge in [0.1, 0.15) is 0 Å². The average molecular weight is 383 g/mol. The normalized spacial score (nSPS) is 16.3. The van der Waals surface area contributed by atoms with E-state index < -0.39 is 5.54 Å². The maximum absolute atomic E-state index is 12.0. The van der Waals surface area contributed by atoms with Crippen LogP contribution in [0.5, 0.6) is 0 Å². The molecular weight excluding hydrogens is 358 g/mol. The van der Waals surface area contributed by atoms with Gasteiger partial charge in [-0.3, -0.25) is 5.32 Å². The Bertz CT molecular complexity index is 884. The zero-order chi connectivity index (χ0) is 20.1. The highest BCUT2D eigenvalue weighted by molar-refractivity contribution is 5.89. The fraction of sp³-hybridized carbons (Fsp3) is 0.192. The SMILES string of the molecule is COC(=O)C1=CCC(NC(c2ccccc2)(c2ccccc2)c2ccccc2)C1. The summed E-state index contributed by atoms with van der Waals surface area (Å²) in [6, 6.07) is 31.7. The molecule has 3 heteroatoms. The van der Waals surface area contributed by atoms with Crippen molar-refractivity contribution in [3.63, 3.8) is 0 Å². The molecule has 29 heavy (non-hydrogen) atoms. The fourth-order valence-corrected chi connectivity index (χ4v) is 4.25. The highest BCUT2D eigenvalue weighted by Gasteiger charge is 2.39. The van der Waals surface area contributed by atoms with Crippen LogP contribution < -0.4 is 5.32 Å². The van der Waals surface area contributed by atoms with Crippen LogP contribution in [-0.4, -0.2) is 19.1 Å². The molecule has 0 bridgehead atoms. The van der Waals surface area contributed by atoms with E-state index in [-0.39, 0.29) is 12.0 Å². The Morgan fingerprint density at radius 2 is 1.28 bits per heavy atom. The standard InChI is InChI=1S/C26H25NO2/c1-29-25(28)20-17-18-24(19-20)27-26(21-11-5-2-6-12-21,22-13-7-3-8-14-22)23-15-9-4-10-16-23/h2-17,24,27H,18-19H2,1H3. The van der Waals surface area contributed by atoms with Crippen LogP contribution in [-0.2, 0) is 15.1 Å². The van der Waals surface area contributed by atoms with Gasteiger partial charge in [0.05, 0.1) is 12.6 Å². The van der Waals surface area contributed by atoms with Gasteiger partial charge in [0, 0.05) is 11.6 Å². The number of hydrogen-bond donors (Lipinski definition) is 1. The smallest absolute Gasteiger partial charge is 0.333 e. The Hall–Kier alpha value is -3.17. The highest BCUT2D eigenvalue weighted by atomic mass is 16.5. The van der Waals surface area contributed by atoms with Gasteiger partial charge in [-0.15, -0.1) is 0 Å². The molecule has 1 aliphatic carbocycles. The molecule has 0 saturated heterocycles. The van der Waals surface area contributed by atoms with Gasteiger partial charge in [-0.2, -0.15) is 0 Å². The predicted octanol–water partition coefficient (Wildman–Crippen LogP) is 4.83. The summed E-state index contributed by atoms with van der Waals surface area (Å²) in [5.41, 5.74) is 3.73. The van der Waals surface area contributed by atoms with E-state index in [2.05, 4.69) is 78.1 Å². The minimum absolute atomic E-state index is 0.129. The van der Waals surface area contributed by atoms with Crippen LogP contribution in [0.3, 0.4) is 0 Å². The van der Waals surface area contributed by atoms with E-state index >= 15 is 0 Å². The first-order valence-electron chi connectivity index (χ1n) is 9.95. The Kier molecular flexibility index (Phi) is 5.59. The molecule has 3 nitrogen and oxygen atoms in total. The second kappa shape index (κ2) is 8.46. The zero-order valence-corrected chi connectivity index (χ0v) is 16.5. The molecule has 1 aliphatic rings. The summed E-state index contributed by atoms with van der Waals surface area (Å²) in [6.07, 6.45) is 3.44. The van der Waals surface area contributed by atoms with Crippen LogP contribution in [0.25, 0.3) is 0 Å². The molecule has 0 saturated carbocycles. The monoisotopic (exact) mass is 383 g/mol. The first-order valence-corrected chi connectivity index (χ1v) is 9.95. The summed E-state index contributed by atoms with van der Waals surface area (Å²) in [7, 11) is 1.44. The van der Waals surface area contributed by atoms with E-state index in [1.54, 1.807) is 0 Å². The molecule has 146 valence electrons. The number of hydrogen-bond acceptors (Lipinski definition) is 3. The molecule has 0 heterocycles. The van der Waals surface area contributed by atoms with Crippen molar-refractivity contribution in [1.82, 2.24) is 5.32 Å². The lowest BCUT2D eigenvalue weighted by Crippen LogP contribution is -2.49. The molecule has 3 aromatic carbocycles. The lowest BCUT2D eigenvalue weighted by molar-refractivity contribution is -0.136. The predicted molar refractivity (Wildman–Crippen MR) is 115 cm³/mol. The highest BCUT2D eigenvalue weighted by Crippen LogP contribution is 2.38. The maximum Gasteiger partial charge on any atom is 0.333 e. The first-order chi connectivity index (χ1) is 14.2. The Morgan fingerprint density at radius 3 is 1.69 bits per heavy atom. The van der Waals surface area contributed by atoms with E-state index in [4.69, 9.17) is 4.74 Å². The molecule has 1 N–H and O–H groups in total. The van der Waals surface area contributed by atoms with Gasteiger partial charge in [-0.05, 0) is 29.5 Å². The molecule has 0 radical (unpaired) electrons. The summed E-state index contributed by atoms with van der Waals surface area (Å²) in [5, 5.41) is 3.93. The number of benzene rings is 3. The van der Waals surface area contributed by atoms with Gasteiger partial charge in [-0.25, -0.2) is 4.79 Å². The second-order valence-corrected chi connectivity index (χ2v) is 7.35. The van der Waals surface area contributed by atoms with Gasteiger partial charge in [-0.1, -0.05) is 97.1 Å². The number of ether oxygens (including phenoxy) is 1. The summed E-state index contributed by atoms with van der Waals surface area (Å²) in [6.45, 7) is 0. The molecule has 0 aliphatic heterocycles. The second-order valence-electron chi connectivity index (χ2n) is 7.35. The molecular formula is C26H25NO2. The Labute approximate surface area is 172 Å². The van der Waals surface area contributed by atoms with Gasteiger partial charge >= 0.3 is 5.97 Å². The number of rotatable bonds is 6. The molecule has 0 aromatic heterocycles. The summed E-state index contributed by atoms with van der Waals surface area (Å²) in [5.74, 6) is -0.237. The van der Waals surface area contributed by atoms with E-state index in [0.29, 0.717) is 6.42 Å². The Morgan fingerprint density at radius 1 is 0.828 bits per heavy atom.